The highest BCUT2D eigenvalue weighted by molar-refractivity contribution is 5.75. The summed E-state index contributed by atoms with van der Waals surface area (Å²) in [5.41, 5.74) is 7.39. The maximum absolute atomic E-state index is 12.3. The molecule has 0 aromatic carbocycles. The predicted molar refractivity (Wildman–Crippen MR) is 92.4 cm³/mol. The molecule has 0 unspecified atom stereocenters. The highest BCUT2D eigenvalue weighted by atomic mass is 16.2. The summed E-state index contributed by atoms with van der Waals surface area (Å²) in [5.74, 6) is 0.367. The van der Waals surface area contributed by atoms with E-state index in [2.05, 4.69) is 23.4 Å². The third-order valence-electron chi connectivity index (χ3n) is 4.58. The molecule has 1 saturated heterocycles. The Morgan fingerprint density at radius 1 is 1.38 bits per heavy atom. The topological polar surface area (TPSA) is 93.3 Å². The SMILES string of the molecule is Cc1cc(C)n(C[C@@H](C)CNC(=O)N2CCC(CC(N)=O)CC2)n1. The molecule has 134 valence electrons. The Bertz CT molecular complexity index is 576. The van der Waals surface area contributed by atoms with Crippen molar-refractivity contribution >= 4 is 11.9 Å². The second kappa shape index (κ2) is 8.17. The zero-order chi connectivity index (χ0) is 17.7. The van der Waals surface area contributed by atoms with E-state index in [9.17, 15) is 9.59 Å². The van der Waals surface area contributed by atoms with Crippen LogP contribution in [0.25, 0.3) is 0 Å². The molecule has 2 rings (SSSR count). The Kier molecular flexibility index (Phi) is 6.23. The van der Waals surface area contributed by atoms with Crippen molar-refractivity contribution in [3.05, 3.63) is 17.5 Å². The zero-order valence-electron chi connectivity index (χ0n) is 14.9. The maximum atomic E-state index is 12.3. The molecule has 3 amide bonds. The van der Waals surface area contributed by atoms with Gasteiger partial charge in [-0.2, -0.15) is 5.10 Å². The standard InChI is InChI=1S/C17H29N5O2/c1-12(11-22-14(3)8-13(2)20-22)10-19-17(24)21-6-4-15(5-7-21)9-16(18)23/h8,12,15H,4-7,9-11H2,1-3H3,(H2,18,23)(H,19,24)/t12-/m0/s1. The summed E-state index contributed by atoms with van der Waals surface area (Å²) in [6.45, 7) is 8.93. The fraction of sp³-hybridized carbons (Fsp3) is 0.706. The minimum atomic E-state index is -0.254. The van der Waals surface area contributed by atoms with Crippen LogP contribution in [0, 0.1) is 25.7 Å². The summed E-state index contributed by atoms with van der Waals surface area (Å²) in [6.07, 6.45) is 2.12. The van der Waals surface area contributed by atoms with Crippen LogP contribution in [0.3, 0.4) is 0 Å². The van der Waals surface area contributed by atoms with Gasteiger partial charge in [0.15, 0.2) is 0 Å². The number of urea groups is 1. The highest BCUT2D eigenvalue weighted by Gasteiger charge is 2.23. The maximum Gasteiger partial charge on any atom is 0.317 e. The third kappa shape index (κ3) is 5.25. The number of aromatic nitrogens is 2. The number of nitrogens with one attached hydrogen (secondary N) is 1. The van der Waals surface area contributed by atoms with Crippen molar-refractivity contribution in [1.82, 2.24) is 20.0 Å². The quantitative estimate of drug-likeness (QED) is 0.823. The van der Waals surface area contributed by atoms with Gasteiger partial charge in [0.2, 0.25) is 5.91 Å². The predicted octanol–water partition coefficient (Wildman–Crippen LogP) is 1.43. The van der Waals surface area contributed by atoms with E-state index in [1.54, 1.807) is 0 Å². The second-order valence-electron chi connectivity index (χ2n) is 7.00. The smallest absolute Gasteiger partial charge is 0.317 e. The van der Waals surface area contributed by atoms with Crippen molar-refractivity contribution in [2.75, 3.05) is 19.6 Å². The van der Waals surface area contributed by atoms with E-state index in [1.807, 2.05) is 23.4 Å². The van der Waals surface area contributed by atoms with Gasteiger partial charge in [-0.25, -0.2) is 4.79 Å². The van der Waals surface area contributed by atoms with Crippen LogP contribution in [0.15, 0.2) is 6.07 Å². The first-order valence-electron chi connectivity index (χ1n) is 8.67. The molecule has 1 aromatic rings. The second-order valence-corrected chi connectivity index (χ2v) is 7.00. The Morgan fingerprint density at radius 2 is 2.04 bits per heavy atom. The number of rotatable bonds is 6. The van der Waals surface area contributed by atoms with Gasteiger partial charge in [-0.05, 0) is 44.6 Å². The minimum Gasteiger partial charge on any atom is -0.370 e. The summed E-state index contributed by atoms with van der Waals surface area (Å²) in [5, 5.41) is 7.46. The molecule has 1 fully saturated rings. The lowest BCUT2D eigenvalue weighted by Crippen LogP contribution is -2.46. The number of likely N-dealkylation sites (tertiary alicyclic amines) is 1. The highest BCUT2D eigenvalue weighted by Crippen LogP contribution is 2.20. The van der Waals surface area contributed by atoms with E-state index in [0.29, 0.717) is 37.9 Å². The van der Waals surface area contributed by atoms with Gasteiger partial charge in [0, 0.05) is 38.3 Å². The molecule has 1 aliphatic heterocycles. The van der Waals surface area contributed by atoms with Crippen molar-refractivity contribution in [3.8, 4) is 0 Å². The lowest BCUT2D eigenvalue weighted by molar-refractivity contribution is -0.119. The van der Waals surface area contributed by atoms with Crippen LogP contribution in [0.1, 0.15) is 37.6 Å². The molecule has 1 aromatic heterocycles. The molecular weight excluding hydrogens is 306 g/mol. The number of aryl methyl sites for hydroxylation is 2. The summed E-state index contributed by atoms with van der Waals surface area (Å²) in [6, 6.07) is 2.04. The summed E-state index contributed by atoms with van der Waals surface area (Å²) in [7, 11) is 0. The molecule has 0 radical (unpaired) electrons. The van der Waals surface area contributed by atoms with Crippen molar-refractivity contribution in [1.29, 1.82) is 0 Å². The van der Waals surface area contributed by atoms with Gasteiger partial charge in [0.1, 0.15) is 0 Å². The average Bonchev–Trinajstić information content (AvgIpc) is 2.82. The molecule has 24 heavy (non-hydrogen) atoms. The number of amides is 3. The Hall–Kier alpha value is -2.05. The van der Waals surface area contributed by atoms with Crippen molar-refractivity contribution < 1.29 is 9.59 Å². The van der Waals surface area contributed by atoms with E-state index in [1.165, 1.54) is 0 Å². The first-order valence-corrected chi connectivity index (χ1v) is 8.67. The van der Waals surface area contributed by atoms with Crippen LogP contribution in [-0.2, 0) is 11.3 Å². The number of hydrogen-bond acceptors (Lipinski definition) is 3. The van der Waals surface area contributed by atoms with Crippen LogP contribution < -0.4 is 11.1 Å². The monoisotopic (exact) mass is 335 g/mol. The van der Waals surface area contributed by atoms with Crippen LogP contribution in [-0.4, -0.2) is 46.3 Å². The van der Waals surface area contributed by atoms with E-state index < -0.39 is 0 Å². The summed E-state index contributed by atoms with van der Waals surface area (Å²) < 4.78 is 1.99. The number of piperidine rings is 1. The Morgan fingerprint density at radius 3 is 2.58 bits per heavy atom. The Labute approximate surface area is 143 Å². The molecule has 0 spiro atoms. The number of nitrogens with zero attached hydrogens (tertiary/aromatic N) is 3. The third-order valence-corrected chi connectivity index (χ3v) is 4.58. The first-order chi connectivity index (χ1) is 11.3. The van der Waals surface area contributed by atoms with Gasteiger partial charge in [-0.15, -0.1) is 0 Å². The summed E-state index contributed by atoms with van der Waals surface area (Å²) in [4.78, 5) is 25.0. The van der Waals surface area contributed by atoms with Crippen molar-refractivity contribution in [3.63, 3.8) is 0 Å². The van der Waals surface area contributed by atoms with Gasteiger partial charge < -0.3 is 16.0 Å². The van der Waals surface area contributed by atoms with Gasteiger partial charge in [-0.3, -0.25) is 9.48 Å². The molecule has 3 N–H and O–H groups in total. The fourth-order valence-electron chi connectivity index (χ4n) is 3.22. The van der Waals surface area contributed by atoms with Crippen molar-refractivity contribution in [2.24, 2.45) is 17.6 Å². The van der Waals surface area contributed by atoms with Crippen LogP contribution >= 0.6 is 0 Å². The zero-order valence-corrected chi connectivity index (χ0v) is 14.9. The number of nitrogens with two attached hydrogens (primary N) is 1. The minimum absolute atomic E-state index is 0.0206. The molecule has 1 aliphatic rings. The molecule has 7 nitrogen and oxygen atoms in total. The largest absolute Gasteiger partial charge is 0.370 e. The average molecular weight is 335 g/mol. The molecule has 7 heteroatoms. The molecule has 0 aliphatic carbocycles. The van der Waals surface area contributed by atoms with Gasteiger partial charge in [0.25, 0.3) is 0 Å². The number of primary amides is 1. The summed E-state index contributed by atoms with van der Waals surface area (Å²) >= 11 is 0. The fourth-order valence-corrected chi connectivity index (χ4v) is 3.22. The van der Waals surface area contributed by atoms with Crippen molar-refractivity contribution in [2.45, 2.75) is 46.6 Å². The lowest BCUT2D eigenvalue weighted by atomic mass is 9.93. The van der Waals surface area contributed by atoms with E-state index in [0.717, 1.165) is 30.8 Å². The van der Waals surface area contributed by atoms with Crippen LogP contribution in [0.4, 0.5) is 4.79 Å². The first kappa shape index (κ1) is 18.3. The number of carbonyl (C=O) groups excluding carboxylic acids is 2. The van der Waals surface area contributed by atoms with Gasteiger partial charge in [-0.1, -0.05) is 6.92 Å². The molecular formula is C17H29N5O2. The molecule has 2 heterocycles. The van der Waals surface area contributed by atoms with Crippen LogP contribution in [0.2, 0.25) is 0 Å². The van der Waals surface area contributed by atoms with Gasteiger partial charge in [0.05, 0.1) is 5.69 Å². The molecule has 0 saturated carbocycles. The Balaban J connectivity index is 1.71. The molecule has 0 bridgehead atoms. The number of carbonyl (C=O) groups is 2. The number of hydrogen-bond donors (Lipinski definition) is 2. The van der Waals surface area contributed by atoms with E-state index in [4.69, 9.17) is 5.73 Å². The normalized spacial score (nSPS) is 16.9. The van der Waals surface area contributed by atoms with Crippen LogP contribution in [0.5, 0.6) is 0 Å². The van der Waals surface area contributed by atoms with Gasteiger partial charge >= 0.3 is 6.03 Å². The van der Waals surface area contributed by atoms with E-state index >= 15 is 0 Å². The lowest BCUT2D eigenvalue weighted by Gasteiger charge is -2.31. The molecule has 1 atom stereocenters. The van der Waals surface area contributed by atoms with E-state index in [-0.39, 0.29) is 11.9 Å².